The maximum Gasteiger partial charge on any atom is 0.191 e. The average molecular weight is 328 g/mol. The van der Waals surface area contributed by atoms with E-state index in [1.54, 1.807) is 7.05 Å². The van der Waals surface area contributed by atoms with Gasteiger partial charge in [-0.15, -0.1) is 0 Å². The van der Waals surface area contributed by atoms with Gasteiger partial charge in [-0.2, -0.15) is 0 Å². The van der Waals surface area contributed by atoms with Crippen molar-refractivity contribution in [3.63, 3.8) is 0 Å². The van der Waals surface area contributed by atoms with E-state index in [9.17, 15) is 0 Å². The standard InChI is InChI=1S/C19H28N4O/c1-16(2)15-24-18-9-5-4-8-17(18)14-22-19(20-3)21-10-13-23-11-6-7-12-23/h4-9,11-12,16H,10,13-15H2,1-3H3,(H2,20,21,22). The molecule has 0 spiro atoms. The van der Waals surface area contributed by atoms with Gasteiger partial charge in [0.05, 0.1) is 6.61 Å². The Bertz CT molecular complexity index is 620. The van der Waals surface area contributed by atoms with E-state index in [0.717, 1.165) is 37.0 Å². The van der Waals surface area contributed by atoms with Crippen LogP contribution in [-0.2, 0) is 13.1 Å². The number of ether oxygens (including phenoxy) is 1. The molecule has 2 N–H and O–H groups in total. The van der Waals surface area contributed by atoms with Crippen molar-refractivity contribution in [2.45, 2.75) is 26.9 Å². The Morgan fingerprint density at radius 2 is 1.88 bits per heavy atom. The maximum atomic E-state index is 5.89. The summed E-state index contributed by atoms with van der Waals surface area (Å²) in [6.45, 7) is 7.43. The summed E-state index contributed by atoms with van der Waals surface area (Å²) in [6, 6.07) is 12.2. The van der Waals surface area contributed by atoms with Gasteiger partial charge < -0.3 is 19.9 Å². The van der Waals surface area contributed by atoms with Crippen LogP contribution in [0.4, 0.5) is 0 Å². The first kappa shape index (κ1) is 17.9. The monoisotopic (exact) mass is 328 g/mol. The highest BCUT2D eigenvalue weighted by molar-refractivity contribution is 5.79. The third-order valence-electron chi connectivity index (χ3n) is 3.54. The van der Waals surface area contributed by atoms with Gasteiger partial charge in [-0.3, -0.25) is 4.99 Å². The fourth-order valence-corrected chi connectivity index (χ4v) is 2.27. The minimum absolute atomic E-state index is 0.508. The van der Waals surface area contributed by atoms with Gasteiger partial charge in [-0.05, 0) is 24.1 Å². The van der Waals surface area contributed by atoms with Crippen molar-refractivity contribution in [3.05, 3.63) is 54.4 Å². The lowest BCUT2D eigenvalue weighted by atomic mass is 10.2. The number of hydrogen-bond acceptors (Lipinski definition) is 2. The highest BCUT2D eigenvalue weighted by Crippen LogP contribution is 2.18. The average Bonchev–Trinajstić information content (AvgIpc) is 3.10. The fourth-order valence-electron chi connectivity index (χ4n) is 2.27. The Morgan fingerprint density at radius 3 is 2.58 bits per heavy atom. The molecule has 0 aliphatic carbocycles. The molecule has 0 saturated heterocycles. The molecule has 0 atom stereocenters. The number of nitrogens with one attached hydrogen (secondary N) is 2. The highest BCUT2D eigenvalue weighted by atomic mass is 16.5. The van der Waals surface area contributed by atoms with Crippen molar-refractivity contribution in [1.82, 2.24) is 15.2 Å². The molecule has 0 radical (unpaired) electrons. The molecule has 0 unspecified atom stereocenters. The quantitative estimate of drug-likeness (QED) is 0.579. The normalized spacial score (nSPS) is 11.6. The van der Waals surface area contributed by atoms with Crippen molar-refractivity contribution in [2.75, 3.05) is 20.2 Å². The molecule has 2 rings (SSSR count). The van der Waals surface area contributed by atoms with Gasteiger partial charge in [0.25, 0.3) is 0 Å². The van der Waals surface area contributed by atoms with Crippen LogP contribution in [0.5, 0.6) is 5.75 Å². The van der Waals surface area contributed by atoms with E-state index in [0.29, 0.717) is 12.5 Å². The molecule has 1 heterocycles. The molecule has 5 nitrogen and oxygen atoms in total. The summed E-state index contributed by atoms with van der Waals surface area (Å²) in [4.78, 5) is 4.27. The van der Waals surface area contributed by atoms with Crippen LogP contribution in [0, 0.1) is 5.92 Å². The maximum absolute atomic E-state index is 5.89. The predicted octanol–water partition coefficient (Wildman–Crippen LogP) is 2.89. The number of benzene rings is 1. The second-order valence-corrected chi connectivity index (χ2v) is 6.09. The first-order valence-corrected chi connectivity index (χ1v) is 8.45. The van der Waals surface area contributed by atoms with Crippen LogP contribution in [-0.4, -0.2) is 30.7 Å². The Morgan fingerprint density at radius 1 is 1.12 bits per heavy atom. The van der Waals surface area contributed by atoms with E-state index < -0.39 is 0 Å². The summed E-state index contributed by atoms with van der Waals surface area (Å²) in [5, 5.41) is 6.67. The zero-order valence-corrected chi connectivity index (χ0v) is 14.8. The second-order valence-electron chi connectivity index (χ2n) is 6.09. The molecule has 0 saturated carbocycles. The number of para-hydroxylation sites is 1. The van der Waals surface area contributed by atoms with Gasteiger partial charge in [0.15, 0.2) is 5.96 Å². The Balaban J connectivity index is 1.82. The van der Waals surface area contributed by atoms with Gasteiger partial charge >= 0.3 is 0 Å². The smallest absolute Gasteiger partial charge is 0.191 e. The van der Waals surface area contributed by atoms with Gasteiger partial charge in [0.1, 0.15) is 5.75 Å². The first-order valence-electron chi connectivity index (χ1n) is 8.45. The summed E-state index contributed by atoms with van der Waals surface area (Å²) in [5.41, 5.74) is 1.13. The van der Waals surface area contributed by atoms with Crippen molar-refractivity contribution < 1.29 is 4.74 Å². The minimum Gasteiger partial charge on any atom is -0.493 e. The number of guanidine groups is 1. The van der Waals surface area contributed by atoms with E-state index in [1.807, 2.05) is 30.3 Å². The van der Waals surface area contributed by atoms with Crippen LogP contribution >= 0.6 is 0 Å². The van der Waals surface area contributed by atoms with Gasteiger partial charge in [-0.25, -0.2) is 0 Å². The number of rotatable bonds is 8. The van der Waals surface area contributed by atoms with E-state index >= 15 is 0 Å². The lowest BCUT2D eigenvalue weighted by molar-refractivity contribution is 0.268. The number of hydrogen-bond donors (Lipinski definition) is 2. The fraction of sp³-hybridized carbons (Fsp3) is 0.421. The van der Waals surface area contributed by atoms with Gasteiger partial charge in [0.2, 0.25) is 0 Å². The van der Waals surface area contributed by atoms with Crippen LogP contribution in [0.1, 0.15) is 19.4 Å². The number of aromatic nitrogens is 1. The summed E-state index contributed by atoms with van der Waals surface area (Å²) in [5.74, 6) is 2.23. The van der Waals surface area contributed by atoms with E-state index in [2.05, 4.69) is 52.5 Å². The van der Waals surface area contributed by atoms with E-state index in [-0.39, 0.29) is 0 Å². The van der Waals surface area contributed by atoms with Gasteiger partial charge in [0, 0.05) is 44.6 Å². The van der Waals surface area contributed by atoms with Crippen LogP contribution in [0.3, 0.4) is 0 Å². The van der Waals surface area contributed by atoms with E-state index in [1.165, 1.54) is 0 Å². The van der Waals surface area contributed by atoms with Crippen molar-refractivity contribution in [1.29, 1.82) is 0 Å². The third kappa shape index (κ3) is 5.99. The lowest BCUT2D eigenvalue weighted by Gasteiger charge is -2.15. The summed E-state index contributed by atoms with van der Waals surface area (Å²) >= 11 is 0. The Kier molecular flexibility index (Phi) is 7.21. The molecule has 1 aromatic heterocycles. The molecule has 2 aromatic rings. The second kappa shape index (κ2) is 9.65. The lowest BCUT2D eigenvalue weighted by Crippen LogP contribution is -2.38. The molecule has 0 aliphatic rings. The molecule has 0 fully saturated rings. The molecule has 0 aliphatic heterocycles. The predicted molar refractivity (Wildman–Crippen MR) is 99.4 cm³/mol. The molecule has 1 aromatic carbocycles. The third-order valence-corrected chi connectivity index (χ3v) is 3.54. The van der Waals surface area contributed by atoms with Crippen LogP contribution in [0.15, 0.2) is 53.8 Å². The molecular formula is C19H28N4O. The zero-order chi connectivity index (χ0) is 17.2. The van der Waals surface area contributed by atoms with Crippen molar-refractivity contribution in [2.24, 2.45) is 10.9 Å². The van der Waals surface area contributed by atoms with Crippen molar-refractivity contribution in [3.8, 4) is 5.75 Å². The summed E-state index contributed by atoms with van der Waals surface area (Å²) in [7, 11) is 1.78. The highest BCUT2D eigenvalue weighted by Gasteiger charge is 2.05. The Hall–Kier alpha value is -2.43. The molecule has 130 valence electrons. The van der Waals surface area contributed by atoms with Crippen LogP contribution < -0.4 is 15.4 Å². The van der Waals surface area contributed by atoms with Crippen LogP contribution in [0.25, 0.3) is 0 Å². The SMILES string of the molecule is CN=C(NCCn1cccc1)NCc1ccccc1OCC(C)C. The Labute approximate surface area is 144 Å². The summed E-state index contributed by atoms with van der Waals surface area (Å²) < 4.78 is 8.03. The molecular weight excluding hydrogens is 300 g/mol. The van der Waals surface area contributed by atoms with Crippen molar-refractivity contribution >= 4 is 5.96 Å². The number of aliphatic imine (C=N–C) groups is 1. The largest absolute Gasteiger partial charge is 0.493 e. The molecule has 0 bridgehead atoms. The van der Waals surface area contributed by atoms with E-state index in [4.69, 9.17) is 4.74 Å². The first-order chi connectivity index (χ1) is 11.7. The summed E-state index contributed by atoms with van der Waals surface area (Å²) in [6.07, 6.45) is 4.11. The molecule has 0 amide bonds. The van der Waals surface area contributed by atoms with Crippen LogP contribution in [0.2, 0.25) is 0 Å². The molecule has 24 heavy (non-hydrogen) atoms. The minimum atomic E-state index is 0.508. The van der Waals surface area contributed by atoms with Gasteiger partial charge in [-0.1, -0.05) is 32.0 Å². The topological polar surface area (TPSA) is 50.6 Å². The zero-order valence-electron chi connectivity index (χ0n) is 14.8. The number of nitrogens with zero attached hydrogens (tertiary/aromatic N) is 2. The molecule has 5 heteroatoms.